The summed E-state index contributed by atoms with van der Waals surface area (Å²) in [5, 5.41) is 0. The Hall–Kier alpha value is -2.76. The molecular formula is C27H34N4O2. The predicted molar refractivity (Wildman–Crippen MR) is 128 cm³/mol. The number of anilines is 1. The van der Waals surface area contributed by atoms with Crippen LogP contribution < -0.4 is 4.90 Å². The lowest BCUT2D eigenvalue weighted by molar-refractivity contribution is -0.131. The van der Waals surface area contributed by atoms with E-state index < -0.39 is 0 Å². The fourth-order valence-electron chi connectivity index (χ4n) is 5.77. The van der Waals surface area contributed by atoms with E-state index >= 15 is 0 Å². The van der Waals surface area contributed by atoms with Crippen molar-refractivity contribution in [1.29, 1.82) is 0 Å². The van der Waals surface area contributed by atoms with Gasteiger partial charge in [-0.15, -0.1) is 0 Å². The molecule has 33 heavy (non-hydrogen) atoms. The van der Waals surface area contributed by atoms with Gasteiger partial charge in [0.05, 0.1) is 12.5 Å². The van der Waals surface area contributed by atoms with E-state index in [1.165, 1.54) is 32.1 Å². The predicted octanol–water partition coefficient (Wildman–Crippen LogP) is 4.55. The molecule has 1 aromatic heterocycles. The molecule has 3 heterocycles. The zero-order valence-corrected chi connectivity index (χ0v) is 19.6. The van der Waals surface area contributed by atoms with Crippen LogP contribution in [0.1, 0.15) is 80.1 Å². The van der Waals surface area contributed by atoms with Gasteiger partial charge in [-0.05, 0) is 50.5 Å². The Bertz CT molecular complexity index is 1020. The smallest absolute Gasteiger partial charge is 0.228 e. The van der Waals surface area contributed by atoms with Crippen LogP contribution in [0.2, 0.25) is 0 Å². The molecule has 2 amide bonds. The number of carbonyl (C=O) groups is 2. The summed E-state index contributed by atoms with van der Waals surface area (Å²) in [5.41, 5.74) is 3.09. The number of hydrogen-bond donors (Lipinski definition) is 0. The van der Waals surface area contributed by atoms with Crippen molar-refractivity contribution in [2.75, 3.05) is 18.0 Å². The minimum Gasteiger partial charge on any atom is -0.332 e. The van der Waals surface area contributed by atoms with E-state index in [-0.39, 0.29) is 17.9 Å². The van der Waals surface area contributed by atoms with Gasteiger partial charge in [-0.1, -0.05) is 49.6 Å². The topological polar surface area (TPSA) is 66.4 Å². The molecule has 1 saturated carbocycles. The van der Waals surface area contributed by atoms with Gasteiger partial charge in [-0.3, -0.25) is 14.5 Å². The van der Waals surface area contributed by atoms with Crippen LogP contribution in [0.15, 0.2) is 30.3 Å². The molecule has 1 atom stereocenters. The van der Waals surface area contributed by atoms with E-state index in [1.807, 2.05) is 47.1 Å². The number of fused-ring (bicyclic) bond motifs is 1. The average Bonchev–Trinajstić information content (AvgIpc) is 3.32. The fourth-order valence-corrected chi connectivity index (χ4v) is 5.77. The number of hydrogen-bond acceptors (Lipinski definition) is 4. The highest BCUT2D eigenvalue weighted by Crippen LogP contribution is 2.36. The SMILES string of the molecule is Cc1nc([C@H]2CCCN2C(=O)Cc2ccccc2)nc2c1CCC(=O)N2CC1CCCCC1. The first-order valence-electron chi connectivity index (χ1n) is 12.6. The number of amides is 2. The van der Waals surface area contributed by atoms with Gasteiger partial charge in [0.25, 0.3) is 0 Å². The van der Waals surface area contributed by atoms with E-state index in [4.69, 9.17) is 9.97 Å². The Kier molecular flexibility index (Phi) is 6.43. The van der Waals surface area contributed by atoms with Crippen molar-refractivity contribution in [3.8, 4) is 0 Å². The van der Waals surface area contributed by atoms with Crippen LogP contribution in [0.25, 0.3) is 0 Å². The quantitative estimate of drug-likeness (QED) is 0.676. The highest BCUT2D eigenvalue weighted by atomic mass is 16.2. The van der Waals surface area contributed by atoms with Crippen molar-refractivity contribution < 1.29 is 9.59 Å². The summed E-state index contributed by atoms with van der Waals surface area (Å²) in [6.45, 7) is 3.53. The number of carbonyl (C=O) groups excluding carboxylic acids is 2. The molecule has 0 radical (unpaired) electrons. The number of aromatic nitrogens is 2. The summed E-state index contributed by atoms with van der Waals surface area (Å²) < 4.78 is 0. The maximum atomic E-state index is 13.2. The summed E-state index contributed by atoms with van der Waals surface area (Å²) >= 11 is 0. The van der Waals surface area contributed by atoms with Crippen LogP contribution in [0.5, 0.6) is 0 Å². The molecule has 0 spiro atoms. The lowest BCUT2D eigenvalue weighted by atomic mass is 9.88. The zero-order chi connectivity index (χ0) is 22.8. The standard InChI is InChI=1S/C27H34N4O2/c1-19-22-14-15-24(32)31(18-21-11-6-3-7-12-21)27(22)29-26(28-19)23-13-8-16-30(23)25(33)17-20-9-4-2-5-10-20/h2,4-5,9-10,21,23H,3,6-8,11-18H2,1H3/t23-/m1/s1. The van der Waals surface area contributed by atoms with Gasteiger partial charge < -0.3 is 4.90 Å². The minimum absolute atomic E-state index is 0.112. The van der Waals surface area contributed by atoms with Gasteiger partial charge in [-0.25, -0.2) is 9.97 Å². The van der Waals surface area contributed by atoms with Gasteiger partial charge in [0.15, 0.2) is 5.82 Å². The minimum atomic E-state index is -0.112. The number of benzene rings is 1. The molecule has 1 saturated heterocycles. The largest absolute Gasteiger partial charge is 0.332 e. The number of aryl methyl sites for hydroxylation is 1. The summed E-state index contributed by atoms with van der Waals surface area (Å²) in [4.78, 5) is 39.9. The first-order valence-corrected chi connectivity index (χ1v) is 12.6. The van der Waals surface area contributed by atoms with Crippen LogP contribution in [0, 0.1) is 12.8 Å². The van der Waals surface area contributed by atoms with Crippen molar-refractivity contribution in [2.24, 2.45) is 5.92 Å². The van der Waals surface area contributed by atoms with Gasteiger partial charge >= 0.3 is 0 Å². The van der Waals surface area contributed by atoms with E-state index in [0.29, 0.717) is 31.0 Å². The van der Waals surface area contributed by atoms with Gasteiger partial charge in [0.2, 0.25) is 11.8 Å². The Balaban J connectivity index is 1.41. The Morgan fingerprint density at radius 2 is 1.79 bits per heavy atom. The van der Waals surface area contributed by atoms with E-state index in [1.54, 1.807) is 0 Å². The van der Waals surface area contributed by atoms with Crippen molar-refractivity contribution in [1.82, 2.24) is 14.9 Å². The van der Waals surface area contributed by atoms with E-state index in [0.717, 1.165) is 48.6 Å². The average molecular weight is 447 g/mol. The molecule has 174 valence electrons. The molecule has 5 rings (SSSR count). The lowest BCUT2D eigenvalue weighted by Gasteiger charge is -2.34. The second-order valence-electron chi connectivity index (χ2n) is 9.89. The van der Waals surface area contributed by atoms with E-state index in [2.05, 4.69) is 0 Å². The second-order valence-corrected chi connectivity index (χ2v) is 9.89. The molecule has 0 N–H and O–H groups in total. The summed E-state index contributed by atoms with van der Waals surface area (Å²) in [6.07, 6.45) is 9.68. The summed E-state index contributed by atoms with van der Waals surface area (Å²) in [6, 6.07) is 9.79. The van der Waals surface area contributed by atoms with Crippen LogP contribution in [0.3, 0.4) is 0 Å². The molecule has 2 aliphatic heterocycles. The van der Waals surface area contributed by atoms with Crippen LogP contribution in [-0.4, -0.2) is 39.8 Å². The maximum absolute atomic E-state index is 13.2. The fraction of sp³-hybridized carbons (Fsp3) is 0.556. The van der Waals surface area contributed by atoms with Crippen LogP contribution in [-0.2, 0) is 22.4 Å². The van der Waals surface area contributed by atoms with Gasteiger partial charge in [0, 0.05) is 30.8 Å². The van der Waals surface area contributed by atoms with Crippen molar-refractivity contribution in [3.63, 3.8) is 0 Å². The molecular weight excluding hydrogens is 412 g/mol. The number of rotatable bonds is 5. The monoisotopic (exact) mass is 446 g/mol. The maximum Gasteiger partial charge on any atom is 0.228 e. The van der Waals surface area contributed by atoms with Crippen LogP contribution in [0.4, 0.5) is 5.82 Å². The molecule has 1 aliphatic carbocycles. The summed E-state index contributed by atoms with van der Waals surface area (Å²) in [7, 11) is 0. The van der Waals surface area contributed by atoms with Crippen molar-refractivity contribution in [2.45, 2.75) is 77.2 Å². The van der Waals surface area contributed by atoms with E-state index in [9.17, 15) is 9.59 Å². The van der Waals surface area contributed by atoms with Crippen molar-refractivity contribution >= 4 is 17.6 Å². The number of nitrogens with zero attached hydrogens (tertiary/aromatic N) is 4. The molecule has 2 aromatic rings. The molecule has 0 unspecified atom stereocenters. The third-order valence-electron chi connectivity index (χ3n) is 7.59. The molecule has 3 aliphatic rings. The number of likely N-dealkylation sites (tertiary alicyclic amines) is 1. The first-order chi connectivity index (χ1) is 16.1. The Morgan fingerprint density at radius 3 is 2.58 bits per heavy atom. The molecule has 1 aromatic carbocycles. The zero-order valence-electron chi connectivity index (χ0n) is 19.6. The molecule has 0 bridgehead atoms. The molecule has 6 nitrogen and oxygen atoms in total. The third kappa shape index (κ3) is 4.66. The van der Waals surface area contributed by atoms with Gasteiger partial charge in [0.1, 0.15) is 5.82 Å². The Morgan fingerprint density at radius 1 is 1.00 bits per heavy atom. The molecule has 6 heteroatoms. The highest BCUT2D eigenvalue weighted by molar-refractivity contribution is 5.95. The van der Waals surface area contributed by atoms with Gasteiger partial charge in [-0.2, -0.15) is 0 Å². The summed E-state index contributed by atoms with van der Waals surface area (Å²) in [5.74, 6) is 2.37. The highest BCUT2D eigenvalue weighted by Gasteiger charge is 2.35. The molecule has 2 fully saturated rings. The van der Waals surface area contributed by atoms with Crippen molar-refractivity contribution in [3.05, 3.63) is 53.0 Å². The lowest BCUT2D eigenvalue weighted by Crippen LogP contribution is -2.41. The first kappa shape index (κ1) is 22.1. The van der Waals surface area contributed by atoms with Crippen LogP contribution >= 0.6 is 0 Å². The second kappa shape index (κ2) is 9.62. The third-order valence-corrected chi connectivity index (χ3v) is 7.59. The normalized spacial score (nSPS) is 21.4. The Labute approximate surface area is 196 Å².